The third-order valence-electron chi connectivity index (χ3n) is 1.99. The Balaban J connectivity index is 4.19. The van der Waals surface area contributed by atoms with E-state index in [4.69, 9.17) is 5.11 Å². The van der Waals surface area contributed by atoms with Crippen LogP contribution in [0.1, 0.15) is 20.3 Å². The molecule has 0 rings (SSSR count). The van der Waals surface area contributed by atoms with Crippen LogP contribution in [0.15, 0.2) is 0 Å². The van der Waals surface area contributed by atoms with Gasteiger partial charge in [0.05, 0.1) is 0 Å². The Kier molecular flexibility index (Phi) is 5.85. The molecule has 0 radical (unpaired) electrons. The number of aliphatic hydroxyl groups excluding tert-OH is 1. The Morgan fingerprint density at radius 2 is 1.59 bits per heavy atom. The maximum Gasteiger partial charge on any atom is 0.402 e. The summed E-state index contributed by atoms with van der Waals surface area (Å²) in [5.74, 6) is 0. The van der Waals surface area contributed by atoms with Crippen molar-refractivity contribution in [1.29, 1.82) is 0 Å². The van der Waals surface area contributed by atoms with Crippen molar-refractivity contribution < 1.29 is 26.7 Å². The number of hydrogen-bond acceptors (Lipinski definition) is 3. The van der Waals surface area contributed by atoms with Gasteiger partial charge in [-0.15, -0.1) is 0 Å². The number of hydrogen-bond donors (Lipinski definition) is 3. The molecular formula is C8H17F3N2O3S. The molecule has 0 aromatic heterocycles. The fourth-order valence-corrected chi connectivity index (χ4v) is 1.95. The van der Waals surface area contributed by atoms with Crippen LogP contribution in [0.3, 0.4) is 0 Å². The quantitative estimate of drug-likeness (QED) is 0.630. The highest BCUT2D eigenvalue weighted by atomic mass is 32.2. The molecule has 0 saturated heterocycles. The molecule has 9 heteroatoms. The highest BCUT2D eigenvalue weighted by Crippen LogP contribution is 2.18. The maximum atomic E-state index is 11.8. The normalized spacial score (nSPS) is 14.0. The molecule has 0 aliphatic carbocycles. The van der Waals surface area contributed by atoms with Crippen molar-refractivity contribution in [2.75, 3.05) is 19.7 Å². The van der Waals surface area contributed by atoms with E-state index >= 15 is 0 Å². The maximum absolute atomic E-state index is 11.8. The van der Waals surface area contributed by atoms with Gasteiger partial charge in [0.2, 0.25) is 0 Å². The van der Waals surface area contributed by atoms with Crippen molar-refractivity contribution in [3.63, 3.8) is 0 Å². The Hall–Kier alpha value is -0.380. The van der Waals surface area contributed by atoms with Gasteiger partial charge in [0.1, 0.15) is 6.54 Å². The van der Waals surface area contributed by atoms with Gasteiger partial charge in [-0.1, -0.05) is 13.8 Å². The Morgan fingerprint density at radius 3 is 2.00 bits per heavy atom. The van der Waals surface area contributed by atoms with E-state index in [-0.39, 0.29) is 13.2 Å². The van der Waals surface area contributed by atoms with Crippen LogP contribution < -0.4 is 9.44 Å². The lowest BCUT2D eigenvalue weighted by molar-refractivity contribution is -0.121. The molecule has 0 heterocycles. The summed E-state index contributed by atoms with van der Waals surface area (Å²) in [7, 11) is -4.17. The molecule has 0 unspecified atom stereocenters. The minimum Gasteiger partial charge on any atom is -0.396 e. The van der Waals surface area contributed by atoms with Gasteiger partial charge in [-0.3, -0.25) is 0 Å². The minimum atomic E-state index is -4.59. The van der Waals surface area contributed by atoms with E-state index in [9.17, 15) is 21.6 Å². The third kappa shape index (κ3) is 9.33. The summed E-state index contributed by atoms with van der Waals surface area (Å²) in [6, 6.07) is 0. The Labute approximate surface area is 98.6 Å². The summed E-state index contributed by atoms with van der Waals surface area (Å²) < 4.78 is 61.1. The number of halogens is 3. The number of nitrogens with one attached hydrogen (secondary N) is 2. The van der Waals surface area contributed by atoms with Crippen LogP contribution in [0.2, 0.25) is 0 Å². The van der Waals surface area contributed by atoms with Crippen molar-refractivity contribution >= 4 is 10.2 Å². The summed E-state index contributed by atoms with van der Waals surface area (Å²) in [5, 5.41) is 8.70. The summed E-state index contributed by atoms with van der Waals surface area (Å²) >= 11 is 0. The zero-order valence-electron chi connectivity index (χ0n) is 9.63. The molecule has 3 N–H and O–H groups in total. The van der Waals surface area contributed by atoms with Crippen LogP contribution in [0.5, 0.6) is 0 Å². The largest absolute Gasteiger partial charge is 0.402 e. The molecule has 0 aliphatic heterocycles. The third-order valence-corrected chi connectivity index (χ3v) is 3.04. The fourth-order valence-electron chi connectivity index (χ4n) is 0.909. The molecule has 0 aromatic rings. The highest BCUT2D eigenvalue weighted by Gasteiger charge is 2.30. The summed E-state index contributed by atoms with van der Waals surface area (Å²) in [4.78, 5) is 0. The molecule has 0 spiro atoms. The van der Waals surface area contributed by atoms with Crippen molar-refractivity contribution in [3.8, 4) is 0 Å². The van der Waals surface area contributed by atoms with E-state index in [2.05, 4.69) is 0 Å². The Bertz CT molecular complexity index is 327. The highest BCUT2D eigenvalue weighted by molar-refractivity contribution is 7.87. The Morgan fingerprint density at radius 1 is 1.12 bits per heavy atom. The van der Waals surface area contributed by atoms with Crippen LogP contribution >= 0.6 is 0 Å². The molecule has 17 heavy (non-hydrogen) atoms. The molecule has 0 aliphatic rings. The van der Waals surface area contributed by atoms with E-state index in [0.29, 0.717) is 6.42 Å². The van der Waals surface area contributed by atoms with Crippen LogP contribution in [-0.2, 0) is 10.2 Å². The first-order valence-electron chi connectivity index (χ1n) is 4.89. The van der Waals surface area contributed by atoms with Crippen LogP contribution in [0.4, 0.5) is 13.2 Å². The molecule has 0 saturated carbocycles. The van der Waals surface area contributed by atoms with Crippen molar-refractivity contribution in [3.05, 3.63) is 0 Å². The van der Waals surface area contributed by atoms with Gasteiger partial charge in [-0.25, -0.2) is 4.72 Å². The minimum absolute atomic E-state index is 0.0548. The number of aliphatic hydroxyl groups is 1. The molecule has 104 valence electrons. The van der Waals surface area contributed by atoms with E-state index in [1.165, 1.54) is 4.72 Å². The topological polar surface area (TPSA) is 78.4 Å². The van der Waals surface area contributed by atoms with Gasteiger partial charge >= 0.3 is 6.18 Å². The molecule has 0 aromatic carbocycles. The first-order valence-corrected chi connectivity index (χ1v) is 6.38. The lowest BCUT2D eigenvalue weighted by Gasteiger charge is -2.23. The van der Waals surface area contributed by atoms with Crippen molar-refractivity contribution in [1.82, 2.24) is 9.44 Å². The first kappa shape index (κ1) is 16.6. The lowest BCUT2D eigenvalue weighted by atomic mass is 9.90. The monoisotopic (exact) mass is 278 g/mol. The van der Waals surface area contributed by atoms with Gasteiger partial charge in [0.15, 0.2) is 0 Å². The summed E-state index contributed by atoms with van der Waals surface area (Å²) in [6.07, 6.45) is -4.25. The second-order valence-electron chi connectivity index (χ2n) is 4.40. The molecular weight excluding hydrogens is 261 g/mol. The first-order chi connectivity index (χ1) is 7.47. The summed E-state index contributed by atoms with van der Waals surface area (Å²) in [5.41, 5.74) is -0.526. The molecule has 0 atom stereocenters. The SMILES string of the molecule is CC(C)(CCO)CNS(=O)(=O)NCC(F)(F)F. The predicted molar refractivity (Wildman–Crippen MR) is 56.5 cm³/mol. The van der Waals surface area contributed by atoms with Gasteiger partial charge in [0.25, 0.3) is 10.2 Å². The van der Waals surface area contributed by atoms with E-state index in [1.807, 2.05) is 4.72 Å². The standard InChI is InChI=1S/C8H17F3N2O3S/c1-7(2,3-4-14)5-12-17(15,16)13-6-8(9,10)11/h12-14H,3-6H2,1-2H3. The average Bonchev–Trinajstić information content (AvgIpc) is 2.12. The molecule has 0 fully saturated rings. The van der Waals surface area contributed by atoms with Crippen LogP contribution in [0, 0.1) is 5.41 Å². The van der Waals surface area contributed by atoms with Gasteiger partial charge in [0, 0.05) is 13.2 Å². The van der Waals surface area contributed by atoms with Gasteiger partial charge in [-0.2, -0.15) is 26.3 Å². The van der Waals surface area contributed by atoms with Crippen molar-refractivity contribution in [2.24, 2.45) is 5.41 Å². The van der Waals surface area contributed by atoms with E-state index in [1.54, 1.807) is 13.8 Å². The lowest BCUT2D eigenvalue weighted by Crippen LogP contribution is -2.44. The average molecular weight is 278 g/mol. The number of rotatable bonds is 7. The zero-order valence-corrected chi connectivity index (χ0v) is 10.5. The van der Waals surface area contributed by atoms with E-state index in [0.717, 1.165) is 0 Å². The molecule has 0 amide bonds. The zero-order chi connectivity index (χ0) is 13.7. The van der Waals surface area contributed by atoms with Crippen LogP contribution in [-0.4, -0.2) is 39.4 Å². The molecule has 0 bridgehead atoms. The summed E-state index contributed by atoms with van der Waals surface area (Å²) in [6.45, 7) is 1.60. The smallest absolute Gasteiger partial charge is 0.396 e. The van der Waals surface area contributed by atoms with E-state index < -0.39 is 28.3 Å². The van der Waals surface area contributed by atoms with Gasteiger partial charge < -0.3 is 5.11 Å². The predicted octanol–water partition coefficient (Wildman–Crippen LogP) is 0.381. The van der Waals surface area contributed by atoms with Gasteiger partial charge in [-0.05, 0) is 11.8 Å². The molecule has 5 nitrogen and oxygen atoms in total. The fraction of sp³-hybridized carbons (Fsp3) is 1.00. The second-order valence-corrected chi connectivity index (χ2v) is 5.98. The van der Waals surface area contributed by atoms with Crippen molar-refractivity contribution in [2.45, 2.75) is 26.4 Å². The second kappa shape index (κ2) is 5.98. The van der Waals surface area contributed by atoms with Crippen LogP contribution in [0.25, 0.3) is 0 Å². The number of alkyl halides is 3.